The standard InChI is InChI=1S/C16H24N4O2S/c1-16(2,3)14-18-19-15(23-14)17-10-4-6-11(7-5-10)20-12(21)8-9-13(20)22/h10-11H,4-9H2,1-3H3,(H,17,19). The molecule has 1 saturated carbocycles. The number of carbonyl (C=O) groups is 2. The number of hydrogen-bond donors (Lipinski definition) is 1. The molecule has 0 spiro atoms. The minimum Gasteiger partial charge on any atom is -0.357 e. The van der Waals surface area contributed by atoms with Crippen molar-refractivity contribution in [1.29, 1.82) is 0 Å². The Balaban J connectivity index is 1.54. The van der Waals surface area contributed by atoms with Gasteiger partial charge in [-0.15, -0.1) is 10.2 Å². The zero-order valence-electron chi connectivity index (χ0n) is 14.0. The van der Waals surface area contributed by atoms with Crippen molar-refractivity contribution in [3.05, 3.63) is 5.01 Å². The fourth-order valence-electron chi connectivity index (χ4n) is 3.24. The largest absolute Gasteiger partial charge is 0.357 e. The van der Waals surface area contributed by atoms with Crippen LogP contribution < -0.4 is 5.32 Å². The smallest absolute Gasteiger partial charge is 0.229 e. The quantitative estimate of drug-likeness (QED) is 0.859. The molecule has 0 aromatic carbocycles. The molecule has 1 saturated heterocycles. The summed E-state index contributed by atoms with van der Waals surface area (Å²) in [6, 6.07) is 0.440. The van der Waals surface area contributed by atoms with Crippen molar-refractivity contribution in [3.63, 3.8) is 0 Å². The molecule has 0 bridgehead atoms. The van der Waals surface area contributed by atoms with Crippen molar-refractivity contribution in [2.45, 2.75) is 76.8 Å². The van der Waals surface area contributed by atoms with Crippen LogP contribution in [0.15, 0.2) is 0 Å². The Morgan fingerprint density at radius 1 is 1.04 bits per heavy atom. The Kier molecular flexibility index (Phi) is 4.40. The Bertz CT molecular complexity index is 583. The normalized spacial score (nSPS) is 26.0. The van der Waals surface area contributed by atoms with E-state index in [2.05, 4.69) is 36.3 Å². The molecule has 2 amide bonds. The first-order valence-corrected chi connectivity index (χ1v) is 9.11. The minimum absolute atomic E-state index is 0.00496. The van der Waals surface area contributed by atoms with E-state index in [4.69, 9.17) is 0 Å². The van der Waals surface area contributed by atoms with Gasteiger partial charge in [0.2, 0.25) is 16.9 Å². The molecule has 1 aromatic heterocycles. The van der Waals surface area contributed by atoms with E-state index in [9.17, 15) is 9.59 Å². The molecule has 1 N–H and O–H groups in total. The van der Waals surface area contributed by atoms with Crippen LogP contribution in [-0.4, -0.2) is 39.0 Å². The number of amides is 2. The molecule has 7 heteroatoms. The van der Waals surface area contributed by atoms with Crippen molar-refractivity contribution in [2.75, 3.05) is 5.32 Å². The number of anilines is 1. The molecule has 1 aliphatic heterocycles. The van der Waals surface area contributed by atoms with Crippen LogP contribution in [0.1, 0.15) is 64.3 Å². The van der Waals surface area contributed by atoms with Crippen molar-refractivity contribution >= 4 is 28.3 Å². The highest BCUT2D eigenvalue weighted by Gasteiger charge is 2.37. The van der Waals surface area contributed by atoms with E-state index in [0.717, 1.165) is 35.8 Å². The van der Waals surface area contributed by atoms with Crippen LogP contribution in [0.3, 0.4) is 0 Å². The van der Waals surface area contributed by atoms with Gasteiger partial charge in [0, 0.05) is 30.3 Å². The Morgan fingerprint density at radius 3 is 2.17 bits per heavy atom. The summed E-state index contributed by atoms with van der Waals surface area (Å²) in [5.41, 5.74) is 0.0196. The zero-order valence-corrected chi connectivity index (χ0v) is 14.8. The van der Waals surface area contributed by atoms with E-state index in [-0.39, 0.29) is 23.3 Å². The summed E-state index contributed by atoms with van der Waals surface area (Å²) in [5.74, 6) is 0.00991. The van der Waals surface area contributed by atoms with Gasteiger partial charge in [0.15, 0.2) is 0 Å². The van der Waals surface area contributed by atoms with Crippen LogP contribution >= 0.6 is 11.3 Å². The van der Waals surface area contributed by atoms with E-state index in [0.29, 0.717) is 18.9 Å². The third-order valence-corrected chi connectivity index (χ3v) is 5.83. The van der Waals surface area contributed by atoms with Crippen LogP contribution in [-0.2, 0) is 15.0 Å². The van der Waals surface area contributed by atoms with Gasteiger partial charge in [-0.2, -0.15) is 0 Å². The van der Waals surface area contributed by atoms with Crippen LogP contribution in [0.5, 0.6) is 0 Å². The lowest BCUT2D eigenvalue weighted by molar-refractivity contribution is -0.141. The van der Waals surface area contributed by atoms with Crippen LogP contribution in [0, 0.1) is 0 Å². The second-order valence-electron chi connectivity index (χ2n) is 7.47. The van der Waals surface area contributed by atoms with Gasteiger partial charge in [-0.05, 0) is 25.7 Å². The van der Waals surface area contributed by atoms with E-state index in [1.807, 2.05) is 0 Å². The Morgan fingerprint density at radius 2 is 1.65 bits per heavy atom. The van der Waals surface area contributed by atoms with Crippen LogP contribution in [0.2, 0.25) is 0 Å². The predicted molar refractivity (Wildman–Crippen MR) is 89.4 cm³/mol. The Labute approximate surface area is 140 Å². The summed E-state index contributed by atoms with van der Waals surface area (Å²) in [6.07, 6.45) is 4.42. The number of aromatic nitrogens is 2. The van der Waals surface area contributed by atoms with E-state index in [1.165, 1.54) is 4.90 Å². The summed E-state index contributed by atoms with van der Waals surface area (Å²) in [7, 11) is 0. The predicted octanol–water partition coefficient (Wildman–Crippen LogP) is 2.71. The number of carbonyl (C=O) groups excluding carboxylic acids is 2. The monoisotopic (exact) mass is 336 g/mol. The highest BCUT2D eigenvalue weighted by molar-refractivity contribution is 7.15. The third kappa shape index (κ3) is 3.54. The summed E-state index contributed by atoms with van der Waals surface area (Å²) < 4.78 is 0. The maximum atomic E-state index is 11.8. The van der Waals surface area contributed by atoms with Crippen molar-refractivity contribution in [2.24, 2.45) is 0 Å². The van der Waals surface area contributed by atoms with Gasteiger partial charge >= 0.3 is 0 Å². The number of nitrogens with zero attached hydrogens (tertiary/aromatic N) is 3. The topological polar surface area (TPSA) is 75.2 Å². The molecule has 126 valence electrons. The SMILES string of the molecule is CC(C)(C)c1nnc(NC2CCC(N3C(=O)CCC3=O)CC2)s1. The lowest BCUT2D eigenvalue weighted by Crippen LogP contribution is -2.43. The fourth-order valence-corrected chi connectivity index (χ4v) is 4.12. The highest BCUT2D eigenvalue weighted by Crippen LogP contribution is 2.31. The molecule has 3 rings (SSSR count). The molecule has 1 aromatic rings. The van der Waals surface area contributed by atoms with Gasteiger partial charge in [-0.3, -0.25) is 14.5 Å². The first kappa shape index (κ1) is 16.4. The molecular weight excluding hydrogens is 312 g/mol. The second-order valence-corrected chi connectivity index (χ2v) is 8.45. The lowest BCUT2D eigenvalue weighted by atomic mass is 9.90. The molecule has 2 heterocycles. The fraction of sp³-hybridized carbons (Fsp3) is 0.750. The molecule has 23 heavy (non-hydrogen) atoms. The maximum Gasteiger partial charge on any atom is 0.229 e. The number of hydrogen-bond acceptors (Lipinski definition) is 6. The number of imide groups is 1. The maximum absolute atomic E-state index is 11.8. The molecule has 6 nitrogen and oxygen atoms in total. The van der Waals surface area contributed by atoms with Gasteiger partial charge in [0.05, 0.1) is 0 Å². The van der Waals surface area contributed by atoms with E-state index < -0.39 is 0 Å². The molecule has 2 fully saturated rings. The number of likely N-dealkylation sites (tertiary alicyclic amines) is 1. The van der Waals surface area contributed by atoms with Gasteiger partial charge < -0.3 is 5.32 Å². The second kappa shape index (κ2) is 6.19. The van der Waals surface area contributed by atoms with Crippen molar-refractivity contribution in [3.8, 4) is 0 Å². The molecule has 0 unspecified atom stereocenters. The summed E-state index contributed by atoms with van der Waals surface area (Å²) in [6.45, 7) is 6.39. The van der Waals surface area contributed by atoms with Gasteiger partial charge in [-0.1, -0.05) is 32.1 Å². The number of rotatable bonds is 3. The van der Waals surface area contributed by atoms with E-state index in [1.54, 1.807) is 11.3 Å². The summed E-state index contributed by atoms with van der Waals surface area (Å²) in [5, 5.41) is 13.9. The Hall–Kier alpha value is -1.50. The summed E-state index contributed by atoms with van der Waals surface area (Å²) >= 11 is 1.61. The summed E-state index contributed by atoms with van der Waals surface area (Å²) in [4.78, 5) is 25.2. The highest BCUT2D eigenvalue weighted by atomic mass is 32.1. The van der Waals surface area contributed by atoms with Crippen molar-refractivity contribution in [1.82, 2.24) is 15.1 Å². The van der Waals surface area contributed by atoms with Gasteiger partial charge in [0.1, 0.15) is 5.01 Å². The average Bonchev–Trinajstić information content (AvgIpc) is 3.07. The first-order chi connectivity index (χ1) is 10.8. The number of nitrogens with one attached hydrogen (secondary N) is 1. The zero-order chi connectivity index (χ0) is 16.6. The lowest BCUT2D eigenvalue weighted by Gasteiger charge is -2.33. The third-order valence-electron chi connectivity index (χ3n) is 4.55. The average molecular weight is 336 g/mol. The van der Waals surface area contributed by atoms with Crippen LogP contribution in [0.25, 0.3) is 0 Å². The molecule has 2 aliphatic rings. The van der Waals surface area contributed by atoms with Crippen molar-refractivity contribution < 1.29 is 9.59 Å². The van der Waals surface area contributed by atoms with E-state index >= 15 is 0 Å². The molecular formula is C16H24N4O2S. The first-order valence-electron chi connectivity index (χ1n) is 8.30. The molecule has 0 radical (unpaired) electrons. The van der Waals surface area contributed by atoms with Crippen LogP contribution in [0.4, 0.5) is 5.13 Å². The molecule has 0 atom stereocenters. The molecule has 1 aliphatic carbocycles. The van der Waals surface area contributed by atoms with Gasteiger partial charge in [0.25, 0.3) is 0 Å². The van der Waals surface area contributed by atoms with Gasteiger partial charge in [-0.25, -0.2) is 0 Å². The minimum atomic E-state index is 0.00496.